The van der Waals surface area contributed by atoms with E-state index in [2.05, 4.69) is 95.4 Å². The molecule has 0 unspecified atom stereocenters. The molecule has 1 aliphatic heterocycles. The number of amides is 18. The van der Waals surface area contributed by atoms with Crippen molar-refractivity contribution in [3.8, 4) is 0 Å². The van der Waals surface area contributed by atoms with E-state index in [1.54, 1.807) is 74.5 Å². The first-order valence-electron chi connectivity index (χ1n) is 54.0. The first-order valence-corrected chi connectivity index (χ1v) is 54.0. The summed E-state index contributed by atoms with van der Waals surface area (Å²) in [6.45, 7) is 16.5. The number of aromatic nitrogens is 3. The van der Waals surface area contributed by atoms with Crippen LogP contribution in [0, 0.1) is 23.7 Å². The van der Waals surface area contributed by atoms with Crippen LogP contribution in [0.2, 0.25) is 0 Å². The highest BCUT2D eigenvalue weighted by molar-refractivity contribution is 6.01. The van der Waals surface area contributed by atoms with Crippen molar-refractivity contribution in [3.05, 3.63) is 83.7 Å². The van der Waals surface area contributed by atoms with Crippen molar-refractivity contribution >= 4 is 106 Å². The summed E-state index contributed by atoms with van der Waals surface area (Å²) in [4.78, 5) is 259. The van der Waals surface area contributed by atoms with Crippen molar-refractivity contribution in [2.24, 2.45) is 75.3 Å². The van der Waals surface area contributed by atoms with Crippen molar-refractivity contribution in [1.29, 1.82) is 0 Å². The molecule has 150 heavy (non-hydrogen) atoms. The Morgan fingerprint density at radius 2 is 0.707 bits per heavy atom. The predicted octanol–water partition coefficient (Wildman–Crippen LogP) is -0.652. The second-order valence-electron chi connectivity index (χ2n) is 40.4. The normalized spacial score (nSPS) is 20.0. The van der Waals surface area contributed by atoms with E-state index >= 15 is 24.0 Å². The lowest BCUT2D eigenvalue weighted by Crippen LogP contribution is -2.61. The van der Waals surface area contributed by atoms with Gasteiger partial charge in [-0.25, -0.2) is 0 Å². The van der Waals surface area contributed by atoms with E-state index in [1.165, 1.54) is 10.9 Å². The number of nitrogens with two attached hydrogens (primary N) is 9. The molecule has 1 saturated heterocycles. The molecule has 1 fully saturated rings. The molecule has 0 radical (unpaired) electrons. The average molecular weight is 2110 g/mol. The number of nitrogens with one attached hydrogen (secondary N) is 16. The van der Waals surface area contributed by atoms with E-state index < -0.39 is 204 Å². The van der Waals surface area contributed by atoms with Gasteiger partial charge in [0, 0.05) is 45.3 Å². The maximum Gasteiger partial charge on any atom is 0.273 e. The van der Waals surface area contributed by atoms with Gasteiger partial charge in [0.1, 0.15) is 84.6 Å². The minimum Gasteiger partial charge on any atom is -0.370 e. The quantitative estimate of drug-likeness (QED) is 0.0312. The fraction of sp³-hybridized carbons (Fsp3) is 0.692. The molecule has 3 aromatic rings. The zero-order valence-electron chi connectivity index (χ0n) is 89.5. The number of hydrogen-bond acceptors (Lipinski definition) is 27. The SMILES string of the molecule is CC[C@H](C)[C@H](N)C(=O)N[C@@H](CC(C)C)C(=O)N[C@@H](CCCCn1cc(C(=O)NCCCCCC(=O)NCCCC[C@@H]2NC(=O)[C@H](CCCCN)NC(=O)[C@H](CCCCN)NC(=O)[C@H](CCC(N)=O)NC(=O)[C@H](CC(C)C)NC(=O)[C@H](CCCCN)NC(=O)[C@H](CCCCN)NC(=O)[C@H](Cc3ccccc3)NC(=O)[C@H](CCCCN)NC(=O)[C@H](CCCCN)NC2=O)nn1)C(=O)N[C@@H](Cc1ccccc1)C(=O)N[C@@H](CC(C)C)C(N)=O. The lowest BCUT2D eigenvalue weighted by Gasteiger charge is -2.29. The van der Waals surface area contributed by atoms with E-state index in [0.29, 0.717) is 107 Å². The predicted molar refractivity (Wildman–Crippen MR) is 570 cm³/mol. The third-order valence-electron chi connectivity index (χ3n) is 26.0. The summed E-state index contributed by atoms with van der Waals surface area (Å²) in [6.07, 6.45) is 7.81. The molecule has 2 heterocycles. The van der Waals surface area contributed by atoms with Gasteiger partial charge in [0.15, 0.2) is 5.69 Å². The van der Waals surface area contributed by atoms with Crippen molar-refractivity contribution in [2.75, 3.05) is 52.4 Å². The second kappa shape index (κ2) is 73.8. The number of aryl methyl sites for hydroxylation is 1. The van der Waals surface area contributed by atoms with Crippen LogP contribution in [-0.2, 0) is 101 Å². The molecule has 0 saturated carbocycles. The van der Waals surface area contributed by atoms with E-state index in [1.807, 2.05) is 41.5 Å². The molecule has 18 amide bonds. The van der Waals surface area contributed by atoms with Gasteiger partial charge in [0.2, 0.25) is 100 Å². The van der Waals surface area contributed by atoms with Gasteiger partial charge in [-0.2, -0.15) is 0 Å². The molecule has 2 aromatic carbocycles. The Bertz CT molecular complexity index is 4630. The minimum atomic E-state index is -1.58. The Labute approximate surface area is 883 Å². The molecule has 0 bridgehead atoms. The molecule has 46 heteroatoms. The standard InChI is InChI=1S/C104H178N28O18/c1-9-68(8)88(112)104(150)129-82(61-67(6)7)101(147)122-78(98(144)128-84(63-70-37-15-11-16-38-70)103(149)125-80(89(113)135)59-65(2)3)46-25-34-58-132-64-85(130-131-132)90(136)115-57-32-12-17-47-87(134)114-56-33-24-45-77-95(141)117-71(39-18-26-50-105)91(137)119-76(44-23-31-55-110)97(143)127-83(62-69-35-13-10-14-36-69)102(148)123-74(42-21-29-53-108)94(140)118-75(43-22-30-54-109)96(142)126-81(60-66(4)5)100(146)124-79(48-49-86(111)133)99(145)121-73(41-20-28-52-107)93(139)116-72(92(138)120-77)40-19-27-51-106/h10-11,13-16,35-38,64-68,71-84,88H,9,12,17-34,39-63,105-110,112H2,1-8H3,(H2,111,133)(H2,113,135)(H,114,134)(H,115,136)(H,116,139)(H,117,141)(H,118,140)(H,119,137)(H,120,138)(H,121,145)(H,122,147)(H,123,148)(H,124,146)(H,125,149)(H,126,142)(H,127,143)(H,128,144)(H,129,150)/t68-,71-,72-,73-,74-,75-,76-,77-,78-,79-,80-,81-,82-,83-,84-,88-/m0/s1. The number of rotatable bonds is 65. The summed E-state index contributed by atoms with van der Waals surface area (Å²) in [7, 11) is 0. The monoisotopic (exact) mass is 2110 g/mol. The second-order valence-corrected chi connectivity index (χ2v) is 40.4. The lowest BCUT2D eigenvalue weighted by molar-refractivity contribution is -0.137. The molecule has 34 N–H and O–H groups in total. The molecule has 16 atom stereocenters. The van der Waals surface area contributed by atoms with Crippen LogP contribution in [0.3, 0.4) is 0 Å². The van der Waals surface area contributed by atoms with Gasteiger partial charge < -0.3 is 137 Å². The van der Waals surface area contributed by atoms with Crippen molar-refractivity contribution in [2.45, 2.75) is 384 Å². The summed E-state index contributed by atoms with van der Waals surface area (Å²) in [5.74, 6) is -14.1. The number of benzene rings is 2. The summed E-state index contributed by atoms with van der Waals surface area (Å²) in [5, 5.41) is 53.0. The zero-order valence-corrected chi connectivity index (χ0v) is 89.5. The highest BCUT2D eigenvalue weighted by Gasteiger charge is 2.40. The van der Waals surface area contributed by atoms with Crippen LogP contribution in [0.5, 0.6) is 0 Å². The number of unbranched alkanes of at least 4 members (excludes halogenated alkanes) is 10. The lowest BCUT2D eigenvalue weighted by atomic mass is 9.97. The summed E-state index contributed by atoms with van der Waals surface area (Å²) < 4.78 is 1.46. The highest BCUT2D eigenvalue weighted by Crippen LogP contribution is 2.20. The topological polar surface area (TPSA) is 765 Å². The first kappa shape index (κ1) is 130. The third-order valence-corrected chi connectivity index (χ3v) is 26.0. The average Bonchev–Trinajstić information content (AvgIpc) is 1.12. The Hall–Kier alpha value is -12.2. The largest absolute Gasteiger partial charge is 0.370 e. The van der Waals surface area contributed by atoms with E-state index in [0.717, 1.165) is 0 Å². The number of carbonyl (C=O) groups excluding carboxylic acids is 18. The molecular formula is C104H178N28O18. The Balaban J connectivity index is 1.64. The van der Waals surface area contributed by atoms with Crippen LogP contribution in [0.4, 0.5) is 0 Å². The van der Waals surface area contributed by atoms with E-state index in [9.17, 15) is 62.3 Å². The minimum absolute atomic E-state index is 0.000654. The van der Waals surface area contributed by atoms with Crippen LogP contribution >= 0.6 is 0 Å². The smallest absolute Gasteiger partial charge is 0.273 e. The first-order chi connectivity index (χ1) is 71.7. The summed E-state index contributed by atoms with van der Waals surface area (Å²) in [6, 6.07) is -2.22. The third kappa shape index (κ3) is 52.0. The van der Waals surface area contributed by atoms with Crippen LogP contribution in [0.1, 0.15) is 295 Å². The molecule has 1 aliphatic rings. The maximum absolute atomic E-state index is 15.3. The van der Waals surface area contributed by atoms with Crippen LogP contribution < -0.4 is 137 Å². The van der Waals surface area contributed by atoms with Gasteiger partial charge in [0.05, 0.1) is 12.2 Å². The van der Waals surface area contributed by atoms with E-state index in [-0.39, 0.29) is 216 Å². The molecular weight excluding hydrogens is 1930 g/mol. The fourth-order valence-corrected chi connectivity index (χ4v) is 17.0. The van der Waals surface area contributed by atoms with Gasteiger partial charge in [-0.3, -0.25) is 91.0 Å². The van der Waals surface area contributed by atoms with Gasteiger partial charge in [-0.15, -0.1) is 5.10 Å². The van der Waals surface area contributed by atoms with Crippen molar-refractivity contribution in [3.63, 3.8) is 0 Å². The molecule has 0 spiro atoms. The number of primary amides is 2. The van der Waals surface area contributed by atoms with Crippen LogP contribution in [-0.4, -0.2) is 264 Å². The van der Waals surface area contributed by atoms with Gasteiger partial charge in [-0.05, 0) is 267 Å². The number of nitrogens with zero attached hydrogens (tertiary/aromatic N) is 3. The van der Waals surface area contributed by atoms with Crippen LogP contribution in [0.15, 0.2) is 66.9 Å². The molecule has 842 valence electrons. The molecule has 1 aromatic heterocycles. The Kier molecular flexibility index (Phi) is 64.0. The Morgan fingerprint density at radius 1 is 0.360 bits per heavy atom. The van der Waals surface area contributed by atoms with Gasteiger partial charge in [-0.1, -0.05) is 134 Å². The fourth-order valence-electron chi connectivity index (χ4n) is 17.0. The van der Waals surface area contributed by atoms with Crippen molar-refractivity contribution in [1.82, 2.24) is 100 Å². The van der Waals surface area contributed by atoms with E-state index in [4.69, 9.17) is 51.6 Å². The van der Waals surface area contributed by atoms with Crippen molar-refractivity contribution < 1.29 is 86.3 Å². The highest BCUT2D eigenvalue weighted by atomic mass is 16.2. The summed E-state index contributed by atoms with van der Waals surface area (Å²) >= 11 is 0. The molecule has 46 nitrogen and oxygen atoms in total. The zero-order chi connectivity index (χ0) is 111. The maximum atomic E-state index is 15.3. The Morgan fingerprint density at radius 3 is 1.11 bits per heavy atom. The van der Waals surface area contributed by atoms with Gasteiger partial charge in [0.25, 0.3) is 5.91 Å². The van der Waals surface area contributed by atoms with Gasteiger partial charge >= 0.3 is 0 Å². The molecule has 0 aliphatic carbocycles. The summed E-state index contributed by atoms with van der Waals surface area (Å²) in [5.41, 5.74) is 54.8. The number of hydrogen-bond donors (Lipinski definition) is 25. The molecule has 4 rings (SSSR count). The van der Waals surface area contributed by atoms with Crippen LogP contribution in [0.25, 0.3) is 0 Å². The number of carbonyl (C=O) groups is 18.